The monoisotopic (exact) mass is 1770 g/mol. The summed E-state index contributed by atoms with van der Waals surface area (Å²) in [7, 11) is -2.58. The number of nitrogens with one attached hydrogen (secondary N) is 2. The molecule has 3 heterocycles. The first-order valence-corrected chi connectivity index (χ1v) is 37.4. The largest absolute Gasteiger partial charge is 0.478 e. The number of primary sulfonamides is 1. The van der Waals surface area contributed by atoms with Crippen molar-refractivity contribution in [1.29, 1.82) is 0 Å². The molecule has 0 bridgehead atoms. The lowest BCUT2D eigenvalue weighted by Gasteiger charge is -2.37. The summed E-state index contributed by atoms with van der Waals surface area (Å²) in [6, 6.07) is 38.4. The number of hydrogen-bond donors (Lipinski definition) is 6. The predicted molar refractivity (Wildman–Crippen MR) is 432 cm³/mol. The van der Waals surface area contributed by atoms with E-state index in [9.17, 15) is 37.5 Å². The van der Waals surface area contributed by atoms with Crippen molar-refractivity contribution in [1.82, 2.24) is 4.90 Å². The highest BCUT2D eigenvalue weighted by molar-refractivity contribution is 9.10. The van der Waals surface area contributed by atoms with Gasteiger partial charge in [0.1, 0.15) is 4.90 Å². The Morgan fingerprint density at radius 1 is 0.467 bits per heavy atom. The minimum Gasteiger partial charge on any atom is -0.478 e. The first-order chi connectivity index (χ1) is 48.8. The lowest BCUT2D eigenvalue weighted by molar-refractivity contribution is 0.0598. The fraction of sp³-hybridized carbons (Fsp3) is 0.236. The molecule has 0 atom stereocenters. The number of nitrogens with zero attached hydrogens (tertiary/aromatic N) is 6. The van der Waals surface area contributed by atoms with E-state index < -0.39 is 33.9 Å². The summed E-state index contributed by atoms with van der Waals surface area (Å²) >= 11 is 65.3. The molecule has 3 saturated heterocycles. The highest BCUT2D eigenvalue weighted by Crippen LogP contribution is 2.38. The van der Waals surface area contributed by atoms with E-state index >= 15 is 0 Å². The molecule has 3 fully saturated rings. The molecule has 11 rings (SSSR count). The number of halogens is 12. The first kappa shape index (κ1) is 88.5. The van der Waals surface area contributed by atoms with Crippen molar-refractivity contribution in [2.75, 3.05) is 84.8 Å². The second kappa shape index (κ2) is 41.3. The van der Waals surface area contributed by atoms with Gasteiger partial charge in [0, 0.05) is 89.8 Å². The van der Waals surface area contributed by atoms with Gasteiger partial charge < -0.3 is 50.3 Å². The van der Waals surface area contributed by atoms with Crippen molar-refractivity contribution >= 4 is 227 Å². The molecule has 7 N–H and O–H groups in total. The summed E-state index contributed by atoms with van der Waals surface area (Å²) in [4.78, 5) is 72.2. The average Bonchev–Trinajstić information content (AvgIpc) is 0.797. The van der Waals surface area contributed by atoms with Crippen LogP contribution in [0.2, 0.25) is 50.2 Å². The Bertz CT molecular complexity index is 4690. The number of carboxylic acids is 3. The number of esters is 1. The Kier molecular flexibility index (Phi) is 34.8. The van der Waals surface area contributed by atoms with E-state index in [0.717, 1.165) is 63.2 Å². The van der Waals surface area contributed by atoms with Gasteiger partial charge in [-0.3, -0.25) is 4.79 Å². The van der Waals surface area contributed by atoms with Gasteiger partial charge in [-0.05, 0) is 149 Å². The maximum Gasteiger partial charge on any atom is 0.339 e. The summed E-state index contributed by atoms with van der Waals surface area (Å²) in [5.41, 5.74) is 5.76. The third-order valence-electron chi connectivity index (χ3n) is 15.9. The molecule has 0 aliphatic carbocycles. The van der Waals surface area contributed by atoms with Crippen LogP contribution in [-0.4, -0.2) is 130 Å². The summed E-state index contributed by atoms with van der Waals surface area (Å²) in [6.07, 6.45) is 3.40. The number of carbonyl (C=O) groups excluding carboxylic acids is 2. The maximum atomic E-state index is 13.5. The Hall–Kier alpha value is -7.14. The molecule has 0 unspecified atom stereocenters. The zero-order chi connectivity index (χ0) is 75.6. The number of benzene rings is 8. The van der Waals surface area contributed by atoms with Crippen molar-refractivity contribution in [2.45, 2.75) is 57.5 Å². The van der Waals surface area contributed by atoms with Gasteiger partial charge in [-0.2, -0.15) is 0 Å². The van der Waals surface area contributed by atoms with Crippen LogP contribution in [0.15, 0.2) is 153 Å². The van der Waals surface area contributed by atoms with Gasteiger partial charge in [-0.15, -0.1) is 0 Å². The second-order valence-electron chi connectivity index (χ2n) is 22.5. The molecule has 3 aliphatic rings. The number of carboxylic acid groups (broad SMARTS) is 3. The molecule has 8 aromatic carbocycles. The molecule has 556 valence electrons. The topological polar surface area (TPSA) is 261 Å². The molecule has 20 nitrogen and oxygen atoms in total. The van der Waals surface area contributed by atoms with Crippen LogP contribution in [0.3, 0.4) is 0 Å². The third-order valence-corrected chi connectivity index (χ3v) is 21.6. The van der Waals surface area contributed by atoms with Crippen molar-refractivity contribution in [2.24, 2.45) is 5.14 Å². The maximum absolute atomic E-state index is 13.5. The van der Waals surface area contributed by atoms with Crippen LogP contribution < -0.4 is 30.5 Å². The minimum atomic E-state index is -3.88. The Labute approximate surface area is 675 Å². The highest BCUT2D eigenvalue weighted by atomic mass is 79.9. The number of anilines is 5. The summed E-state index contributed by atoms with van der Waals surface area (Å²) in [5.74, 6) is -3.90. The highest BCUT2D eigenvalue weighted by Gasteiger charge is 2.30. The molecule has 0 radical (unpaired) electrons. The zero-order valence-electron chi connectivity index (χ0n) is 53.7. The average molecular weight is 1780 g/mol. The van der Waals surface area contributed by atoms with Crippen molar-refractivity contribution in [3.63, 3.8) is 0 Å². The van der Waals surface area contributed by atoms with E-state index in [4.69, 9.17) is 145 Å². The number of para-hydroxylation sites is 5. The number of ether oxygens (including phenoxy) is 1. The first-order valence-electron chi connectivity index (χ1n) is 30.5. The molecular formula is C72H67Br2Cl10N9O11S. The fourth-order valence-electron chi connectivity index (χ4n) is 10.7. The van der Waals surface area contributed by atoms with Crippen LogP contribution >= 0.6 is 148 Å². The van der Waals surface area contributed by atoms with Crippen LogP contribution in [-0.2, 0) is 14.8 Å². The lowest BCUT2D eigenvalue weighted by atomic mass is 10.0. The van der Waals surface area contributed by atoms with E-state index in [1.807, 2.05) is 53.4 Å². The molecule has 0 spiro atoms. The third kappa shape index (κ3) is 24.4. The van der Waals surface area contributed by atoms with E-state index in [1.165, 1.54) is 67.8 Å². The van der Waals surface area contributed by atoms with Gasteiger partial charge in [0.15, 0.2) is 0 Å². The van der Waals surface area contributed by atoms with Crippen molar-refractivity contribution in [3.05, 3.63) is 249 Å². The summed E-state index contributed by atoms with van der Waals surface area (Å²) in [5, 5.41) is 41.7. The van der Waals surface area contributed by atoms with E-state index in [1.54, 1.807) is 35.2 Å². The molecular weight excluding hydrogens is 1710 g/mol. The molecule has 3 aliphatic heterocycles. The molecule has 0 aromatic heterocycles. The number of aromatic carboxylic acids is 3. The number of rotatable bonds is 13. The minimum absolute atomic E-state index is 0. The number of hydrogen-bond acceptors (Lipinski definition) is 13. The molecule has 1 amide bonds. The Balaban J connectivity index is 0.000000262. The molecule has 8 aromatic rings. The number of amides is 1. The number of nitrogens with two attached hydrogens (primary N) is 1. The Morgan fingerprint density at radius 3 is 1.25 bits per heavy atom. The van der Waals surface area contributed by atoms with Crippen LogP contribution in [0.1, 0.15) is 92.3 Å². The Morgan fingerprint density at radius 2 is 0.829 bits per heavy atom. The summed E-state index contributed by atoms with van der Waals surface area (Å²) < 4.78 is 29.7. The number of sulfonamides is 1. The zero-order valence-corrected chi connectivity index (χ0v) is 65.3. The van der Waals surface area contributed by atoms with Crippen LogP contribution in [0.4, 0.5) is 39.8 Å². The number of methoxy groups -OCH3 is 1. The standard InChI is InChI=1S/C29H30Cl2N6O3S.C19H17Cl2N3O2.C8H5BrCl2O2.C7H3BrCl2O2.C7H4Cl2O2.2CH4/c1-33-24-6-2-3-7-26(24)35-12-10-20(11-13-35)34-25-18-21(22(30)19-23(25)31)29(38)37-16-14-36(15-17-37)27-8-4-5-9-28(27)41(32,39)40;1-22-16-4-2-3-5-18(16)24-8-6-12(7-9-24)23-17-10-13(19(25)26)14(20)11-15(17)21;1-13-8(12)4-2-5(9)7(11)3-6(4)10;8-4-1-3(7(11)12)5(9)2-6(4)10;8-4-1-2-5(7(10)11)6(9)3-4;;/h2-9,18-20,34H,10-17H2,(H2,32,39,40);2-5,10-12,23H,6-9H2,(H,25,26);2-3H,1H3;1-2H,(H,11,12);1-3H,(H,10,11);2*1H4. The van der Waals surface area contributed by atoms with E-state index in [-0.39, 0.29) is 79.5 Å². The normalized spacial score (nSPS) is 13.4. The number of piperazine rings is 1. The van der Waals surface area contributed by atoms with Gasteiger partial charge in [-0.25, -0.2) is 42.4 Å². The van der Waals surface area contributed by atoms with Crippen LogP contribution in [0.5, 0.6) is 0 Å². The van der Waals surface area contributed by atoms with Crippen LogP contribution in [0.25, 0.3) is 9.69 Å². The molecule has 105 heavy (non-hydrogen) atoms. The van der Waals surface area contributed by atoms with Gasteiger partial charge >= 0.3 is 23.9 Å². The number of carbonyl (C=O) groups is 5. The predicted octanol–water partition coefficient (Wildman–Crippen LogP) is 21.5. The van der Waals surface area contributed by atoms with Crippen molar-refractivity contribution < 1.29 is 52.4 Å². The van der Waals surface area contributed by atoms with E-state index in [2.05, 4.69) is 66.7 Å². The fourth-order valence-corrected chi connectivity index (χ4v) is 14.6. The van der Waals surface area contributed by atoms with Gasteiger partial charge in [0.2, 0.25) is 21.4 Å². The van der Waals surface area contributed by atoms with Gasteiger partial charge in [0.05, 0.1) is 110 Å². The summed E-state index contributed by atoms with van der Waals surface area (Å²) in [6.45, 7) is 19.6. The molecule has 0 saturated carbocycles. The lowest BCUT2D eigenvalue weighted by Crippen LogP contribution is -2.49. The van der Waals surface area contributed by atoms with Gasteiger partial charge in [-0.1, -0.05) is 179 Å². The SMILES string of the molecule is C.C.COC(=O)c1cc(Br)c(Cl)cc1Cl.O=C(O)c1cc(Br)c(Cl)cc1Cl.O=C(O)c1ccc(Cl)cc1Cl.[C-]#[N+]c1ccccc1N1CCC(Nc2cc(C(=O)N3CCN(c4ccccc4S(N)(=O)=O)CC3)c(Cl)cc2Cl)CC1.[C-]#[N+]c1ccccc1N1CCC(Nc2cc(C(=O)O)c(Cl)cc2Cl)CC1. The van der Waals surface area contributed by atoms with Gasteiger partial charge in [0.25, 0.3) is 5.91 Å². The number of piperidine rings is 2. The smallest absolute Gasteiger partial charge is 0.339 e. The molecule has 33 heteroatoms. The van der Waals surface area contributed by atoms with Crippen LogP contribution in [0, 0.1) is 13.1 Å². The van der Waals surface area contributed by atoms with Crippen molar-refractivity contribution in [3.8, 4) is 0 Å². The van der Waals surface area contributed by atoms with E-state index in [0.29, 0.717) is 99.8 Å². The quantitative estimate of drug-likeness (QED) is 0.0356. The second-order valence-corrected chi connectivity index (χ2v) is 29.8.